The van der Waals surface area contributed by atoms with Crippen LogP contribution in [0.1, 0.15) is 5.89 Å². The third kappa shape index (κ3) is 1.71. The van der Waals surface area contributed by atoms with Crippen molar-refractivity contribution in [1.82, 2.24) is 15.0 Å². The monoisotopic (exact) mass is 226 g/mol. The van der Waals surface area contributed by atoms with Gasteiger partial charge < -0.3 is 10.2 Å². The second-order valence-electron chi connectivity index (χ2n) is 3.72. The van der Waals surface area contributed by atoms with Crippen molar-refractivity contribution in [3.8, 4) is 11.3 Å². The third-order valence-corrected chi connectivity index (χ3v) is 2.46. The van der Waals surface area contributed by atoms with Crippen molar-refractivity contribution in [1.29, 1.82) is 0 Å². The Bertz CT molecular complexity index is 690. The Morgan fingerprint density at radius 1 is 1.18 bits per heavy atom. The van der Waals surface area contributed by atoms with Gasteiger partial charge in [0, 0.05) is 18.7 Å². The quantitative estimate of drug-likeness (QED) is 0.688. The molecule has 3 aromatic rings. The molecule has 2 heterocycles. The van der Waals surface area contributed by atoms with Gasteiger partial charge in [0.25, 0.3) is 0 Å². The molecule has 0 radical (unpaired) electrons. The molecule has 5 heteroatoms. The number of nitrogens with zero attached hydrogens (tertiary/aromatic N) is 3. The van der Waals surface area contributed by atoms with E-state index < -0.39 is 0 Å². The molecule has 0 bridgehead atoms. The van der Waals surface area contributed by atoms with Crippen molar-refractivity contribution in [2.75, 3.05) is 5.73 Å². The van der Waals surface area contributed by atoms with Gasteiger partial charge in [-0.25, -0.2) is 15.0 Å². The first-order valence-electron chi connectivity index (χ1n) is 5.18. The zero-order valence-corrected chi connectivity index (χ0v) is 9.21. The molecule has 5 nitrogen and oxygen atoms in total. The number of fused-ring (bicyclic) bond motifs is 1. The molecule has 0 atom stereocenters. The van der Waals surface area contributed by atoms with Gasteiger partial charge in [0.15, 0.2) is 11.5 Å². The van der Waals surface area contributed by atoms with Crippen molar-refractivity contribution >= 4 is 17.0 Å². The van der Waals surface area contributed by atoms with E-state index in [-0.39, 0.29) is 5.95 Å². The summed E-state index contributed by atoms with van der Waals surface area (Å²) in [5, 5.41) is 0. The lowest BCUT2D eigenvalue weighted by atomic mass is 10.1. The largest absolute Gasteiger partial charge is 0.441 e. The van der Waals surface area contributed by atoms with Crippen LogP contribution >= 0.6 is 0 Å². The zero-order chi connectivity index (χ0) is 11.8. The Morgan fingerprint density at radius 3 is 2.88 bits per heavy atom. The molecule has 0 spiro atoms. The van der Waals surface area contributed by atoms with E-state index in [1.807, 2.05) is 31.2 Å². The summed E-state index contributed by atoms with van der Waals surface area (Å²) in [6, 6.07) is 7.54. The molecule has 2 aromatic heterocycles. The second-order valence-corrected chi connectivity index (χ2v) is 3.72. The summed E-state index contributed by atoms with van der Waals surface area (Å²) in [6.07, 6.45) is 1.63. The minimum absolute atomic E-state index is 0.263. The number of benzene rings is 1. The molecular formula is C12H10N4O. The smallest absolute Gasteiger partial charge is 0.220 e. The Morgan fingerprint density at radius 2 is 2.06 bits per heavy atom. The van der Waals surface area contributed by atoms with Gasteiger partial charge in [-0.2, -0.15) is 0 Å². The summed E-state index contributed by atoms with van der Waals surface area (Å²) < 4.78 is 5.41. The molecule has 0 saturated carbocycles. The normalized spacial score (nSPS) is 10.9. The summed E-state index contributed by atoms with van der Waals surface area (Å²) in [5.41, 5.74) is 8.87. The van der Waals surface area contributed by atoms with Gasteiger partial charge in [-0.15, -0.1) is 0 Å². The van der Waals surface area contributed by atoms with Gasteiger partial charge in [-0.1, -0.05) is 0 Å². The fourth-order valence-electron chi connectivity index (χ4n) is 1.74. The lowest BCUT2D eigenvalue weighted by molar-refractivity contribution is 0.561. The van der Waals surface area contributed by atoms with Crippen LogP contribution in [0.15, 0.2) is 34.9 Å². The molecule has 17 heavy (non-hydrogen) atoms. The number of aromatic nitrogens is 3. The van der Waals surface area contributed by atoms with Crippen LogP contribution in [-0.4, -0.2) is 15.0 Å². The molecule has 0 saturated heterocycles. The van der Waals surface area contributed by atoms with E-state index in [1.165, 1.54) is 0 Å². The summed E-state index contributed by atoms with van der Waals surface area (Å²) in [6.45, 7) is 1.82. The fraction of sp³-hybridized carbons (Fsp3) is 0.0833. The highest BCUT2D eigenvalue weighted by atomic mass is 16.3. The van der Waals surface area contributed by atoms with Gasteiger partial charge in [-0.3, -0.25) is 0 Å². The molecule has 0 unspecified atom stereocenters. The average Bonchev–Trinajstić information content (AvgIpc) is 2.68. The van der Waals surface area contributed by atoms with Gasteiger partial charge in [-0.05, 0) is 24.3 Å². The van der Waals surface area contributed by atoms with Crippen molar-refractivity contribution < 1.29 is 4.42 Å². The van der Waals surface area contributed by atoms with E-state index in [2.05, 4.69) is 15.0 Å². The number of nitrogen functional groups attached to an aromatic ring is 1. The van der Waals surface area contributed by atoms with Gasteiger partial charge in [0.05, 0.1) is 5.69 Å². The first kappa shape index (κ1) is 9.77. The maximum Gasteiger partial charge on any atom is 0.220 e. The molecule has 84 valence electrons. The van der Waals surface area contributed by atoms with Crippen molar-refractivity contribution in [3.63, 3.8) is 0 Å². The van der Waals surface area contributed by atoms with E-state index in [0.29, 0.717) is 5.89 Å². The molecular weight excluding hydrogens is 216 g/mol. The molecule has 0 amide bonds. The van der Waals surface area contributed by atoms with E-state index in [9.17, 15) is 0 Å². The number of hydrogen-bond acceptors (Lipinski definition) is 5. The van der Waals surface area contributed by atoms with E-state index in [1.54, 1.807) is 6.20 Å². The zero-order valence-electron chi connectivity index (χ0n) is 9.21. The first-order chi connectivity index (χ1) is 8.22. The summed E-state index contributed by atoms with van der Waals surface area (Å²) in [4.78, 5) is 12.3. The number of rotatable bonds is 1. The van der Waals surface area contributed by atoms with E-state index in [4.69, 9.17) is 10.2 Å². The SMILES string of the molecule is Cc1nc2cc(-c3ccnc(N)n3)ccc2o1. The predicted octanol–water partition coefficient (Wildman–Crippen LogP) is 2.18. The number of nitrogens with two attached hydrogens (primary N) is 1. The molecule has 1 aromatic carbocycles. The van der Waals surface area contributed by atoms with Crippen molar-refractivity contribution in [2.45, 2.75) is 6.92 Å². The highest BCUT2D eigenvalue weighted by Gasteiger charge is 2.05. The minimum Gasteiger partial charge on any atom is -0.441 e. The van der Waals surface area contributed by atoms with Crippen LogP contribution in [-0.2, 0) is 0 Å². The van der Waals surface area contributed by atoms with Gasteiger partial charge in [0.1, 0.15) is 5.52 Å². The van der Waals surface area contributed by atoms with Crippen molar-refractivity contribution in [2.24, 2.45) is 0 Å². The first-order valence-corrected chi connectivity index (χ1v) is 5.18. The van der Waals surface area contributed by atoms with Crippen LogP contribution in [0, 0.1) is 6.92 Å². The molecule has 3 rings (SSSR count). The molecule has 0 aliphatic heterocycles. The number of hydrogen-bond donors (Lipinski definition) is 1. The summed E-state index contributed by atoms with van der Waals surface area (Å²) >= 11 is 0. The minimum atomic E-state index is 0.263. The van der Waals surface area contributed by atoms with Crippen LogP contribution in [0.4, 0.5) is 5.95 Å². The molecule has 0 aliphatic rings. The third-order valence-electron chi connectivity index (χ3n) is 2.46. The standard InChI is InChI=1S/C12H10N4O/c1-7-15-10-6-8(2-3-11(10)17-7)9-4-5-14-12(13)16-9/h2-6H,1H3,(H2,13,14,16). The maximum absolute atomic E-state index is 5.56. The lowest BCUT2D eigenvalue weighted by Gasteiger charge is -2.00. The number of anilines is 1. The van der Waals surface area contributed by atoms with E-state index >= 15 is 0 Å². The van der Waals surface area contributed by atoms with Crippen molar-refractivity contribution in [3.05, 3.63) is 36.4 Å². The molecule has 0 aliphatic carbocycles. The van der Waals surface area contributed by atoms with Crippen LogP contribution in [0.25, 0.3) is 22.4 Å². The van der Waals surface area contributed by atoms with Crippen LogP contribution < -0.4 is 5.73 Å². The van der Waals surface area contributed by atoms with Gasteiger partial charge in [0.2, 0.25) is 5.95 Å². The summed E-state index contributed by atoms with van der Waals surface area (Å²) in [7, 11) is 0. The number of oxazole rings is 1. The van der Waals surface area contributed by atoms with Gasteiger partial charge >= 0.3 is 0 Å². The van der Waals surface area contributed by atoms with Crippen LogP contribution in [0.2, 0.25) is 0 Å². The Hall–Kier alpha value is -2.43. The van der Waals surface area contributed by atoms with Crippen LogP contribution in [0.3, 0.4) is 0 Å². The second kappa shape index (κ2) is 3.55. The van der Waals surface area contributed by atoms with Crippen LogP contribution in [0.5, 0.6) is 0 Å². The number of aryl methyl sites for hydroxylation is 1. The fourth-order valence-corrected chi connectivity index (χ4v) is 1.74. The average molecular weight is 226 g/mol. The predicted molar refractivity (Wildman–Crippen MR) is 64.2 cm³/mol. The summed E-state index contributed by atoms with van der Waals surface area (Å²) in [5.74, 6) is 0.915. The Kier molecular flexibility index (Phi) is 2.04. The Balaban J connectivity index is 2.17. The topological polar surface area (TPSA) is 77.8 Å². The highest BCUT2D eigenvalue weighted by Crippen LogP contribution is 2.23. The van der Waals surface area contributed by atoms with E-state index in [0.717, 1.165) is 22.4 Å². The molecule has 0 fully saturated rings. The molecule has 2 N–H and O–H groups in total. The Labute approximate surface area is 97.3 Å². The lowest BCUT2D eigenvalue weighted by Crippen LogP contribution is -1.94. The highest BCUT2D eigenvalue weighted by molar-refractivity contribution is 5.79. The maximum atomic E-state index is 5.56.